The largest absolute Gasteiger partial charge is 0.370 e. The van der Waals surface area contributed by atoms with Crippen LogP contribution in [-0.4, -0.2) is 34.6 Å². The number of nitrogens with one attached hydrogen (secondary N) is 3. The summed E-state index contributed by atoms with van der Waals surface area (Å²) in [6.45, 7) is 5.36. The number of anilines is 2. The van der Waals surface area contributed by atoms with Crippen LogP contribution in [0.15, 0.2) is 6.07 Å². The molecule has 23 heavy (non-hydrogen) atoms. The zero-order valence-corrected chi connectivity index (χ0v) is 14.0. The number of nitrogen functional groups attached to an aromatic ring is 1. The third-order valence-corrected chi connectivity index (χ3v) is 5.20. The smallest absolute Gasteiger partial charge is 0.222 e. The predicted molar refractivity (Wildman–Crippen MR) is 92.8 cm³/mol. The van der Waals surface area contributed by atoms with Gasteiger partial charge < -0.3 is 16.8 Å². The molecule has 1 saturated carbocycles. The van der Waals surface area contributed by atoms with Crippen molar-refractivity contribution in [3.05, 3.63) is 11.8 Å². The quantitative estimate of drug-likeness (QED) is 0.496. The molecule has 1 aromatic rings. The number of hydrogen-bond acceptors (Lipinski definition) is 7. The molecule has 0 spiro atoms. The Morgan fingerprint density at radius 1 is 1.22 bits per heavy atom. The molecule has 2 aliphatic rings. The Morgan fingerprint density at radius 3 is 2.57 bits per heavy atom. The highest BCUT2D eigenvalue weighted by Crippen LogP contribution is 2.35. The summed E-state index contributed by atoms with van der Waals surface area (Å²) in [5, 5.41) is 3.39. The van der Waals surface area contributed by atoms with Gasteiger partial charge in [-0.25, -0.2) is 4.98 Å². The van der Waals surface area contributed by atoms with Gasteiger partial charge in [0.05, 0.1) is 5.69 Å². The second-order valence-corrected chi connectivity index (χ2v) is 7.06. The van der Waals surface area contributed by atoms with Crippen molar-refractivity contribution in [2.24, 2.45) is 11.7 Å². The first-order valence-electron chi connectivity index (χ1n) is 8.68. The number of nitrogens with zero attached hydrogens (tertiary/aromatic N) is 2. The first kappa shape index (κ1) is 16.4. The number of hydrogen-bond donors (Lipinski definition) is 5. The van der Waals surface area contributed by atoms with E-state index >= 15 is 0 Å². The molecule has 1 saturated heterocycles. The van der Waals surface area contributed by atoms with Gasteiger partial charge in [0.25, 0.3) is 0 Å². The van der Waals surface area contributed by atoms with Crippen molar-refractivity contribution in [3.8, 4) is 0 Å². The summed E-state index contributed by atoms with van der Waals surface area (Å²) in [5.74, 6) is 2.28. The van der Waals surface area contributed by atoms with Crippen molar-refractivity contribution in [2.45, 2.75) is 63.6 Å². The lowest BCUT2D eigenvalue weighted by Gasteiger charge is -2.32. The van der Waals surface area contributed by atoms with Gasteiger partial charge in [0.2, 0.25) is 5.95 Å². The Bertz CT molecular complexity index is 519. The fraction of sp³-hybridized carbons (Fsp3) is 0.750. The van der Waals surface area contributed by atoms with Crippen molar-refractivity contribution < 1.29 is 0 Å². The highest BCUT2D eigenvalue weighted by Gasteiger charge is 2.30. The van der Waals surface area contributed by atoms with E-state index in [0.717, 1.165) is 37.3 Å². The van der Waals surface area contributed by atoms with Crippen molar-refractivity contribution in [2.75, 3.05) is 17.6 Å². The Balaban J connectivity index is 1.48. The molecule has 128 valence electrons. The van der Waals surface area contributed by atoms with Crippen molar-refractivity contribution in [3.63, 3.8) is 0 Å². The first-order valence-corrected chi connectivity index (χ1v) is 8.68. The summed E-state index contributed by atoms with van der Waals surface area (Å²) in [6.07, 6.45) is 4.27. The third-order valence-electron chi connectivity index (χ3n) is 5.20. The van der Waals surface area contributed by atoms with Crippen molar-refractivity contribution in [1.82, 2.24) is 20.8 Å². The molecular weight excluding hydrogens is 290 g/mol. The number of rotatable bonds is 6. The molecule has 2 unspecified atom stereocenters. The van der Waals surface area contributed by atoms with Crippen LogP contribution in [0.3, 0.4) is 0 Å². The summed E-state index contributed by atoms with van der Waals surface area (Å²) in [4.78, 5) is 8.65. The minimum absolute atomic E-state index is 0.310. The Hall–Kier alpha value is -1.44. The first-order chi connectivity index (χ1) is 11.0. The van der Waals surface area contributed by atoms with Crippen LogP contribution in [0, 0.1) is 5.92 Å². The van der Waals surface area contributed by atoms with Crippen LogP contribution in [0.5, 0.6) is 0 Å². The molecule has 0 amide bonds. The van der Waals surface area contributed by atoms with E-state index in [4.69, 9.17) is 11.5 Å². The fourth-order valence-electron chi connectivity index (χ4n) is 3.65. The van der Waals surface area contributed by atoms with E-state index in [0.29, 0.717) is 35.9 Å². The molecular formula is C16H29N7. The van der Waals surface area contributed by atoms with E-state index in [1.165, 1.54) is 6.42 Å². The van der Waals surface area contributed by atoms with Crippen LogP contribution in [0.1, 0.15) is 51.1 Å². The van der Waals surface area contributed by atoms with Gasteiger partial charge in [0.15, 0.2) is 0 Å². The molecule has 3 rings (SSSR count). The van der Waals surface area contributed by atoms with Gasteiger partial charge in [0, 0.05) is 36.7 Å². The average Bonchev–Trinajstić information content (AvgIpc) is 2.79. The second kappa shape index (κ2) is 6.98. The molecule has 7 nitrogen and oxygen atoms in total. The van der Waals surface area contributed by atoms with Gasteiger partial charge in [-0.1, -0.05) is 0 Å². The number of nitrogens with two attached hydrogens (primary N) is 2. The van der Waals surface area contributed by atoms with Crippen LogP contribution < -0.4 is 27.6 Å². The minimum Gasteiger partial charge on any atom is -0.370 e. The molecule has 0 bridgehead atoms. The molecule has 1 aliphatic carbocycles. The molecule has 0 radical (unpaired) electrons. The zero-order valence-electron chi connectivity index (χ0n) is 14.0. The number of hydrazine groups is 1. The molecule has 0 aromatic carbocycles. The van der Waals surface area contributed by atoms with E-state index < -0.39 is 0 Å². The molecule has 2 atom stereocenters. The molecule has 1 aromatic heterocycles. The summed E-state index contributed by atoms with van der Waals surface area (Å²) >= 11 is 0. The molecule has 7 N–H and O–H groups in total. The van der Waals surface area contributed by atoms with Crippen LogP contribution in [0.25, 0.3) is 0 Å². The van der Waals surface area contributed by atoms with Crippen LogP contribution in [0.2, 0.25) is 0 Å². The summed E-state index contributed by atoms with van der Waals surface area (Å²) in [6, 6.07) is 3.38. The normalized spacial score (nSPS) is 33.4. The third kappa shape index (κ3) is 3.91. The summed E-state index contributed by atoms with van der Waals surface area (Å²) in [7, 11) is 0. The highest BCUT2D eigenvalue weighted by molar-refractivity contribution is 5.41. The predicted octanol–water partition coefficient (Wildman–Crippen LogP) is 0.957. The van der Waals surface area contributed by atoms with Gasteiger partial charge in [-0.05, 0) is 45.4 Å². The Kier molecular flexibility index (Phi) is 4.99. The van der Waals surface area contributed by atoms with E-state index in [-0.39, 0.29) is 0 Å². The average molecular weight is 319 g/mol. The molecule has 1 aliphatic heterocycles. The van der Waals surface area contributed by atoms with E-state index in [1.54, 1.807) is 0 Å². The van der Waals surface area contributed by atoms with Crippen molar-refractivity contribution >= 4 is 11.8 Å². The number of aromatic nitrogens is 2. The summed E-state index contributed by atoms with van der Waals surface area (Å²) < 4.78 is 0. The SMILES string of the molecule is CC1NNC(C)C1CCCNc1cc(C2CC(N)C2)nc(N)n1. The lowest BCUT2D eigenvalue weighted by atomic mass is 9.78. The maximum absolute atomic E-state index is 5.86. The lowest BCUT2D eigenvalue weighted by Crippen LogP contribution is -2.35. The minimum atomic E-state index is 0.310. The van der Waals surface area contributed by atoms with Gasteiger partial charge >= 0.3 is 0 Å². The van der Waals surface area contributed by atoms with E-state index in [1.807, 2.05) is 6.07 Å². The maximum Gasteiger partial charge on any atom is 0.222 e. The van der Waals surface area contributed by atoms with Crippen LogP contribution in [0.4, 0.5) is 11.8 Å². The Morgan fingerprint density at radius 2 is 1.91 bits per heavy atom. The monoisotopic (exact) mass is 319 g/mol. The Labute approximate surface area is 138 Å². The molecule has 2 fully saturated rings. The maximum atomic E-state index is 5.86. The molecule has 2 heterocycles. The highest BCUT2D eigenvalue weighted by atomic mass is 15.4. The van der Waals surface area contributed by atoms with Crippen LogP contribution >= 0.6 is 0 Å². The standard InChI is InChI=1S/C16H29N7/c1-9-13(10(2)23-22-9)4-3-5-19-15-8-14(20-16(18)21-15)11-6-12(17)7-11/h8-13,22-23H,3-7,17H2,1-2H3,(H3,18,19,20,21). The van der Waals surface area contributed by atoms with Crippen molar-refractivity contribution in [1.29, 1.82) is 0 Å². The topological polar surface area (TPSA) is 114 Å². The second-order valence-electron chi connectivity index (χ2n) is 7.06. The summed E-state index contributed by atoms with van der Waals surface area (Å²) in [5.41, 5.74) is 19.3. The lowest BCUT2D eigenvalue weighted by molar-refractivity contribution is 0.345. The van der Waals surface area contributed by atoms with E-state index in [9.17, 15) is 0 Å². The zero-order chi connectivity index (χ0) is 16.4. The van der Waals surface area contributed by atoms with Gasteiger partial charge in [0.1, 0.15) is 5.82 Å². The van der Waals surface area contributed by atoms with Crippen LogP contribution in [-0.2, 0) is 0 Å². The molecule has 7 heteroatoms. The van der Waals surface area contributed by atoms with Gasteiger partial charge in [-0.15, -0.1) is 0 Å². The van der Waals surface area contributed by atoms with Gasteiger partial charge in [-0.3, -0.25) is 10.9 Å². The fourth-order valence-corrected chi connectivity index (χ4v) is 3.65. The van der Waals surface area contributed by atoms with Gasteiger partial charge in [-0.2, -0.15) is 4.98 Å². The van der Waals surface area contributed by atoms with E-state index in [2.05, 4.69) is 40.0 Å².